The fourth-order valence-corrected chi connectivity index (χ4v) is 1.92. The number of esters is 1. The summed E-state index contributed by atoms with van der Waals surface area (Å²) in [5.41, 5.74) is 7.34. The minimum Gasteiger partial charge on any atom is -0.496 e. The van der Waals surface area contributed by atoms with Crippen LogP contribution in [0.25, 0.3) is 0 Å². The number of rotatable bonds is 5. The van der Waals surface area contributed by atoms with Crippen molar-refractivity contribution in [1.29, 1.82) is 0 Å². The highest BCUT2D eigenvalue weighted by Crippen LogP contribution is 2.25. The van der Waals surface area contributed by atoms with Crippen LogP contribution in [0.2, 0.25) is 0 Å². The van der Waals surface area contributed by atoms with Crippen molar-refractivity contribution in [1.82, 2.24) is 0 Å². The van der Waals surface area contributed by atoms with E-state index in [1.807, 2.05) is 24.3 Å². The number of nitrogen functional groups attached to an aromatic ring is 1. The first-order chi connectivity index (χ1) is 10.2. The molecule has 0 saturated heterocycles. The summed E-state index contributed by atoms with van der Waals surface area (Å²) in [6.45, 7) is 0.276. The van der Waals surface area contributed by atoms with Gasteiger partial charge in [-0.1, -0.05) is 18.2 Å². The topological polar surface area (TPSA) is 70.8 Å². The third kappa shape index (κ3) is 3.45. The van der Waals surface area contributed by atoms with Crippen molar-refractivity contribution in [3.8, 4) is 11.5 Å². The molecule has 0 aromatic heterocycles. The van der Waals surface area contributed by atoms with E-state index in [9.17, 15) is 4.79 Å². The zero-order valence-corrected chi connectivity index (χ0v) is 12.0. The summed E-state index contributed by atoms with van der Waals surface area (Å²) >= 11 is 0. The van der Waals surface area contributed by atoms with Crippen LogP contribution in [-0.4, -0.2) is 20.2 Å². The Bertz CT molecular complexity index is 640. The lowest BCUT2D eigenvalue weighted by Crippen LogP contribution is -2.07. The summed E-state index contributed by atoms with van der Waals surface area (Å²) in [6, 6.07) is 12.4. The molecule has 21 heavy (non-hydrogen) atoms. The van der Waals surface area contributed by atoms with E-state index in [1.165, 1.54) is 13.2 Å². The number of nitrogens with two attached hydrogens (primary N) is 1. The summed E-state index contributed by atoms with van der Waals surface area (Å²) < 4.78 is 15.7. The van der Waals surface area contributed by atoms with Gasteiger partial charge in [0.1, 0.15) is 23.7 Å². The summed E-state index contributed by atoms with van der Waals surface area (Å²) in [5.74, 6) is 0.659. The number of carbonyl (C=O) groups excluding carboxylic acids is 1. The standard InChI is InChI=1S/C16H17NO4/c1-19-14-6-4-3-5-11(14)10-21-15-8-7-12(17)9-13(15)16(18)20-2/h3-9H,10,17H2,1-2H3. The molecule has 0 fully saturated rings. The molecule has 0 radical (unpaired) electrons. The van der Waals surface area contributed by atoms with Crippen molar-refractivity contribution < 1.29 is 19.0 Å². The van der Waals surface area contributed by atoms with E-state index in [1.54, 1.807) is 19.2 Å². The van der Waals surface area contributed by atoms with Gasteiger partial charge in [-0.2, -0.15) is 0 Å². The molecule has 2 rings (SSSR count). The molecule has 5 nitrogen and oxygen atoms in total. The van der Waals surface area contributed by atoms with Gasteiger partial charge in [0.15, 0.2) is 0 Å². The van der Waals surface area contributed by atoms with Gasteiger partial charge in [-0.15, -0.1) is 0 Å². The Morgan fingerprint density at radius 3 is 2.57 bits per heavy atom. The second kappa shape index (κ2) is 6.65. The zero-order valence-electron chi connectivity index (χ0n) is 12.0. The molecule has 0 aliphatic carbocycles. The lowest BCUT2D eigenvalue weighted by Gasteiger charge is -2.13. The van der Waals surface area contributed by atoms with Gasteiger partial charge in [0, 0.05) is 11.3 Å². The van der Waals surface area contributed by atoms with Gasteiger partial charge in [0.05, 0.1) is 14.2 Å². The predicted molar refractivity (Wildman–Crippen MR) is 79.5 cm³/mol. The Morgan fingerprint density at radius 1 is 1.10 bits per heavy atom. The number of methoxy groups -OCH3 is 2. The number of carbonyl (C=O) groups is 1. The maximum absolute atomic E-state index is 11.7. The fourth-order valence-electron chi connectivity index (χ4n) is 1.92. The van der Waals surface area contributed by atoms with E-state index in [0.717, 1.165) is 11.3 Å². The van der Waals surface area contributed by atoms with Gasteiger partial charge in [-0.05, 0) is 24.3 Å². The van der Waals surface area contributed by atoms with Crippen LogP contribution in [0.4, 0.5) is 5.69 Å². The number of benzene rings is 2. The number of anilines is 1. The van der Waals surface area contributed by atoms with Crippen molar-refractivity contribution in [2.45, 2.75) is 6.61 Å². The predicted octanol–water partition coefficient (Wildman–Crippen LogP) is 2.64. The molecule has 0 aliphatic rings. The van der Waals surface area contributed by atoms with Crippen LogP contribution in [-0.2, 0) is 11.3 Å². The molecule has 0 atom stereocenters. The molecular formula is C16H17NO4. The lowest BCUT2D eigenvalue weighted by atomic mass is 10.1. The van der Waals surface area contributed by atoms with Gasteiger partial charge in [0.2, 0.25) is 0 Å². The smallest absolute Gasteiger partial charge is 0.341 e. The Labute approximate surface area is 123 Å². The van der Waals surface area contributed by atoms with Crippen LogP contribution in [0.5, 0.6) is 11.5 Å². The highest BCUT2D eigenvalue weighted by Gasteiger charge is 2.14. The van der Waals surface area contributed by atoms with E-state index >= 15 is 0 Å². The minimum atomic E-state index is -0.489. The average Bonchev–Trinajstić information content (AvgIpc) is 2.53. The summed E-state index contributed by atoms with van der Waals surface area (Å²) in [7, 11) is 2.91. The summed E-state index contributed by atoms with van der Waals surface area (Å²) in [6.07, 6.45) is 0. The van der Waals surface area contributed by atoms with E-state index in [-0.39, 0.29) is 6.61 Å². The summed E-state index contributed by atoms with van der Waals surface area (Å²) in [5, 5.41) is 0. The first kappa shape index (κ1) is 14.7. The Kier molecular flexibility index (Phi) is 4.66. The molecular weight excluding hydrogens is 270 g/mol. The van der Waals surface area contributed by atoms with Gasteiger partial charge in [-0.3, -0.25) is 0 Å². The molecule has 2 N–H and O–H groups in total. The molecule has 0 saturated carbocycles. The largest absolute Gasteiger partial charge is 0.496 e. The van der Waals surface area contributed by atoms with Gasteiger partial charge in [0.25, 0.3) is 0 Å². The molecule has 0 bridgehead atoms. The second-order valence-electron chi connectivity index (χ2n) is 4.35. The van der Waals surface area contributed by atoms with E-state index in [0.29, 0.717) is 17.0 Å². The highest BCUT2D eigenvalue weighted by atomic mass is 16.5. The monoisotopic (exact) mass is 287 g/mol. The molecule has 0 spiro atoms. The quantitative estimate of drug-likeness (QED) is 0.676. The fraction of sp³-hybridized carbons (Fsp3) is 0.188. The molecule has 0 unspecified atom stereocenters. The first-order valence-corrected chi connectivity index (χ1v) is 6.38. The van der Waals surface area contributed by atoms with Crippen LogP contribution >= 0.6 is 0 Å². The van der Waals surface area contributed by atoms with E-state index in [4.69, 9.17) is 19.9 Å². The maximum Gasteiger partial charge on any atom is 0.341 e. The van der Waals surface area contributed by atoms with Crippen molar-refractivity contribution in [3.63, 3.8) is 0 Å². The number of hydrogen-bond donors (Lipinski definition) is 1. The highest BCUT2D eigenvalue weighted by molar-refractivity contribution is 5.93. The van der Waals surface area contributed by atoms with Crippen LogP contribution in [0, 0.1) is 0 Å². The molecule has 0 amide bonds. The van der Waals surface area contributed by atoms with Crippen molar-refractivity contribution in [3.05, 3.63) is 53.6 Å². The number of para-hydroxylation sites is 1. The third-order valence-corrected chi connectivity index (χ3v) is 2.98. The molecule has 2 aromatic rings. The van der Waals surface area contributed by atoms with Gasteiger partial charge < -0.3 is 19.9 Å². The van der Waals surface area contributed by atoms with Crippen molar-refractivity contribution >= 4 is 11.7 Å². The molecule has 110 valence electrons. The normalized spacial score (nSPS) is 10.0. The van der Waals surface area contributed by atoms with Crippen LogP contribution in [0.3, 0.4) is 0 Å². The zero-order chi connectivity index (χ0) is 15.2. The van der Waals surface area contributed by atoms with Crippen molar-refractivity contribution in [2.75, 3.05) is 20.0 Å². The maximum atomic E-state index is 11.7. The van der Waals surface area contributed by atoms with Crippen LogP contribution < -0.4 is 15.2 Å². The third-order valence-electron chi connectivity index (χ3n) is 2.98. The lowest BCUT2D eigenvalue weighted by molar-refractivity contribution is 0.0595. The minimum absolute atomic E-state index is 0.276. The molecule has 5 heteroatoms. The molecule has 0 heterocycles. The first-order valence-electron chi connectivity index (χ1n) is 6.38. The number of ether oxygens (including phenoxy) is 3. The van der Waals surface area contributed by atoms with Gasteiger partial charge in [-0.25, -0.2) is 4.79 Å². The van der Waals surface area contributed by atoms with Crippen molar-refractivity contribution in [2.24, 2.45) is 0 Å². The SMILES string of the molecule is COC(=O)c1cc(N)ccc1OCc1ccccc1OC. The Morgan fingerprint density at radius 2 is 1.86 bits per heavy atom. The summed E-state index contributed by atoms with van der Waals surface area (Å²) in [4.78, 5) is 11.7. The Hall–Kier alpha value is -2.69. The molecule has 0 aliphatic heterocycles. The second-order valence-corrected chi connectivity index (χ2v) is 4.35. The number of hydrogen-bond acceptors (Lipinski definition) is 5. The van der Waals surface area contributed by atoms with Gasteiger partial charge >= 0.3 is 5.97 Å². The van der Waals surface area contributed by atoms with E-state index in [2.05, 4.69) is 0 Å². The molecule has 2 aromatic carbocycles. The Balaban J connectivity index is 2.22. The van der Waals surface area contributed by atoms with E-state index < -0.39 is 5.97 Å². The average molecular weight is 287 g/mol. The van der Waals surface area contributed by atoms with Crippen LogP contribution in [0.15, 0.2) is 42.5 Å². The van der Waals surface area contributed by atoms with Crippen LogP contribution in [0.1, 0.15) is 15.9 Å².